The molecule has 0 saturated carbocycles. The second-order valence-electron chi connectivity index (χ2n) is 5.02. The van der Waals surface area contributed by atoms with Gasteiger partial charge in [0, 0.05) is 18.7 Å². The lowest BCUT2D eigenvalue weighted by Crippen LogP contribution is -2.30. The monoisotopic (exact) mass is 292 g/mol. The van der Waals surface area contributed by atoms with Crippen LogP contribution in [0.25, 0.3) is 10.6 Å². The molecule has 0 radical (unpaired) electrons. The summed E-state index contributed by atoms with van der Waals surface area (Å²) in [4.78, 5) is 14.1. The van der Waals surface area contributed by atoms with Crippen LogP contribution in [0.15, 0.2) is 28.1 Å². The van der Waals surface area contributed by atoms with Crippen LogP contribution in [0.3, 0.4) is 0 Å². The molecule has 106 valence electrons. The SMILES string of the molecule is O=C(O)CC1CCCN1Cc1cc(-c2cccs2)on1. The van der Waals surface area contributed by atoms with Gasteiger partial charge in [-0.05, 0) is 30.8 Å². The van der Waals surface area contributed by atoms with Gasteiger partial charge in [-0.15, -0.1) is 11.3 Å². The molecule has 0 aromatic carbocycles. The predicted molar refractivity (Wildman–Crippen MR) is 75.5 cm³/mol. The van der Waals surface area contributed by atoms with E-state index in [2.05, 4.69) is 10.1 Å². The van der Waals surface area contributed by atoms with Gasteiger partial charge >= 0.3 is 5.97 Å². The van der Waals surface area contributed by atoms with Crippen molar-refractivity contribution in [1.82, 2.24) is 10.1 Å². The number of nitrogens with zero attached hydrogens (tertiary/aromatic N) is 2. The molecule has 6 heteroatoms. The van der Waals surface area contributed by atoms with Crippen molar-refractivity contribution in [1.29, 1.82) is 0 Å². The third kappa shape index (κ3) is 2.91. The second kappa shape index (κ2) is 5.76. The summed E-state index contributed by atoms with van der Waals surface area (Å²) in [7, 11) is 0. The van der Waals surface area contributed by atoms with Gasteiger partial charge in [-0.25, -0.2) is 0 Å². The Morgan fingerprint density at radius 3 is 3.25 bits per heavy atom. The van der Waals surface area contributed by atoms with Gasteiger partial charge in [0.1, 0.15) is 0 Å². The van der Waals surface area contributed by atoms with E-state index >= 15 is 0 Å². The molecule has 5 nitrogen and oxygen atoms in total. The van der Waals surface area contributed by atoms with Crippen LogP contribution in [0, 0.1) is 0 Å². The number of aliphatic carboxylic acids is 1. The molecule has 1 fully saturated rings. The zero-order valence-electron chi connectivity index (χ0n) is 11.0. The first kappa shape index (κ1) is 13.3. The molecular formula is C14H16N2O3S. The fraction of sp³-hybridized carbons (Fsp3) is 0.429. The number of carboxylic acid groups (broad SMARTS) is 1. The first-order valence-electron chi connectivity index (χ1n) is 6.67. The van der Waals surface area contributed by atoms with E-state index in [1.807, 2.05) is 23.6 Å². The molecule has 0 aliphatic carbocycles. The molecule has 3 rings (SSSR count). The van der Waals surface area contributed by atoms with Crippen molar-refractivity contribution in [2.45, 2.75) is 31.8 Å². The highest BCUT2D eigenvalue weighted by Gasteiger charge is 2.27. The minimum atomic E-state index is -0.735. The Morgan fingerprint density at radius 1 is 1.60 bits per heavy atom. The van der Waals surface area contributed by atoms with Gasteiger partial charge in [0.25, 0.3) is 0 Å². The van der Waals surface area contributed by atoms with E-state index in [0.29, 0.717) is 6.54 Å². The standard InChI is InChI=1S/C14H16N2O3S/c17-14(18)8-11-3-1-5-16(11)9-10-7-12(19-15-10)13-4-2-6-20-13/h2,4,6-7,11H,1,3,5,8-9H2,(H,17,18). The van der Waals surface area contributed by atoms with E-state index in [-0.39, 0.29) is 12.5 Å². The summed E-state index contributed by atoms with van der Waals surface area (Å²) in [5.74, 6) is 0.0466. The molecule has 1 atom stereocenters. The Morgan fingerprint density at radius 2 is 2.50 bits per heavy atom. The Kier molecular flexibility index (Phi) is 3.84. The molecule has 1 aliphatic heterocycles. The molecule has 1 saturated heterocycles. The number of carbonyl (C=O) groups is 1. The van der Waals surface area contributed by atoms with Gasteiger partial charge in [-0.2, -0.15) is 0 Å². The summed E-state index contributed by atoms with van der Waals surface area (Å²) in [6, 6.07) is 6.04. The van der Waals surface area contributed by atoms with Crippen LogP contribution >= 0.6 is 11.3 Å². The van der Waals surface area contributed by atoms with Crippen molar-refractivity contribution in [3.8, 4) is 10.6 Å². The smallest absolute Gasteiger partial charge is 0.304 e. The Bertz CT molecular complexity index is 579. The van der Waals surface area contributed by atoms with Gasteiger partial charge in [0.2, 0.25) is 0 Å². The molecule has 20 heavy (non-hydrogen) atoms. The number of rotatable bonds is 5. The zero-order valence-corrected chi connectivity index (χ0v) is 11.8. The largest absolute Gasteiger partial charge is 0.481 e. The maximum atomic E-state index is 10.9. The number of thiophene rings is 1. The van der Waals surface area contributed by atoms with Crippen molar-refractivity contribution < 1.29 is 14.4 Å². The number of carboxylic acids is 1. The average Bonchev–Trinajstić information content (AvgIpc) is 3.11. The fourth-order valence-corrected chi connectivity index (χ4v) is 3.34. The summed E-state index contributed by atoms with van der Waals surface area (Å²) in [5.41, 5.74) is 0.866. The van der Waals surface area contributed by atoms with Gasteiger partial charge < -0.3 is 9.63 Å². The first-order valence-corrected chi connectivity index (χ1v) is 7.55. The molecule has 2 aromatic rings. The van der Waals surface area contributed by atoms with Crippen molar-refractivity contribution in [3.63, 3.8) is 0 Å². The van der Waals surface area contributed by atoms with Crippen LogP contribution in [0.1, 0.15) is 25.0 Å². The molecule has 0 amide bonds. The normalized spacial score (nSPS) is 19.5. The van der Waals surface area contributed by atoms with E-state index in [4.69, 9.17) is 9.63 Å². The maximum Gasteiger partial charge on any atom is 0.304 e. The lowest BCUT2D eigenvalue weighted by molar-refractivity contribution is -0.138. The van der Waals surface area contributed by atoms with E-state index < -0.39 is 5.97 Å². The van der Waals surface area contributed by atoms with Crippen molar-refractivity contribution in [3.05, 3.63) is 29.3 Å². The molecule has 3 heterocycles. The zero-order chi connectivity index (χ0) is 13.9. The van der Waals surface area contributed by atoms with Gasteiger partial charge in [-0.1, -0.05) is 11.2 Å². The fourth-order valence-electron chi connectivity index (χ4n) is 2.67. The summed E-state index contributed by atoms with van der Waals surface area (Å²) in [6.45, 7) is 1.59. The highest BCUT2D eigenvalue weighted by atomic mass is 32.1. The number of aromatic nitrogens is 1. The third-order valence-corrected chi connectivity index (χ3v) is 4.48. The predicted octanol–water partition coefficient (Wildman–Crippen LogP) is 2.84. The molecule has 1 N–H and O–H groups in total. The van der Waals surface area contributed by atoms with E-state index in [0.717, 1.165) is 35.7 Å². The molecular weight excluding hydrogens is 276 g/mol. The van der Waals surface area contributed by atoms with Crippen LogP contribution in [0.2, 0.25) is 0 Å². The lowest BCUT2D eigenvalue weighted by atomic mass is 10.1. The summed E-state index contributed by atoms with van der Waals surface area (Å²) in [6.07, 6.45) is 2.20. The summed E-state index contributed by atoms with van der Waals surface area (Å²) >= 11 is 1.62. The second-order valence-corrected chi connectivity index (χ2v) is 5.97. The maximum absolute atomic E-state index is 10.9. The van der Waals surface area contributed by atoms with E-state index in [9.17, 15) is 4.79 Å². The first-order chi connectivity index (χ1) is 9.72. The Balaban J connectivity index is 1.67. The third-order valence-electron chi connectivity index (χ3n) is 3.60. The summed E-state index contributed by atoms with van der Waals surface area (Å²) in [5, 5.41) is 15.0. The number of likely N-dealkylation sites (tertiary alicyclic amines) is 1. The van der Waals surface area contributed by atoms with Gasteiger partial charge in [0.05, 0.1) is 17.0 Å². The van der Waals surface area contributed by atoms with Crippen LogP contribution in [0.4, 0.5) is 0 Å². The number of hydrogen-bond donors (Lipinski definition) is 1. The molecule has 2 aromatic heterocycles. The van der Waals surface area contributed by atoms with Crippen LogP contribution in [-0.4, -0.2) is 33.7 Å². The highest BCUT2D eigenvalue weighted by Crippen LogP contribution is 2.27. The quantitative estimate of drug-likeness (QED) is 0.918. The van der Waals surface area contributed by atoms with Crippen molar-refractivity contribution in [2.75, 3.05) is 6.54 Å². The minimum Gasteiger partial charge on any atom is -0.481 e. The van der Waals surface area contributed by atoms with Gasteiger partial charge in [0.15, 0.2) is 5.76 Å². The Labute approximate surface area is 120 Å². The topological polar surface area (TPSA) is 66.6 Å². The van der Waals surface area contributed by atoms with Crippen LogP contribution in [0.5, 0.6) is 0 Å². The minimum absolute atomic E-state index is 0.120. The molecule has 0 spiro atoms. The summed E-state index contributed by atoms with van der Waals surface area (Å²) < 4.78 is 5.35. The van der Waals surface area contributed by atoms with Crippen molar-refractivity contribution in [2.24, 2.45) is 0 Å². The molecule has 1 unspecified atom stereocenters. The van der Waals surface area contributed by atoms with Crippen LogP contribution < -0.4 is 0 Å². The van der Waals surface area contributed by atoms with Crippen molar-refractivity contribution >= 4 is 17.3 Å². The lowest BCUT2D eigenvalue weighted by Gasteiger charge is -2.21. The van der Waals surface area contributed by atoms with Crippen LogP contribution in [-0.2, 0) is 11.3 Å². The van der Waals surface area contributed by atoms with E-state index in [1.54, 1.807) is 11.3 Å². The Hall–Kier alpha value is -1.66. The van der Waals surface area contributed by atoms with E-state index in [1.165, 1.54) is 0 Å². The molecule has 0 bridgehead atoms. The molecule has 1 aliphatic rings. The highest BCUT2D eigenvalue weighted by molar-refractivity contribution is 7.13. The van der Waals surface area contributed by atoms with Gasteiger partial charge in [-0.3, -0.25) is 9.69 Å². The average molecular weight is 292 g/mol. The number of hydrogen-bond acceptors (Lipinski definition) is 5.